The molecular weight excluding hydrogens is 362 g/mol. The molecule has 4 rings (SSSR count). The third-order valence-electron chi connectivity index (χ3n) is 4.42. The third-order valence-corrected chi connectivity index (χ3v) is 4.91. The number of halogens is 1. The van der Waals surface area contributed by atoms with E-state index >= 15 is 0 Å². The van der Waals surface area contributed by atoms with Crippen LogP contribution in [-0.2, 0) is 6.42 Å². The number of carbonyl (C=O) groups excluding carboxylic acids is 1. The molecule has 0 unspecified atom stereocenters. The largest absolute Gasteiger partial charge is 0.352 e. The fourth-order valence-electron chi connectivity index (χ4n) is 3.21. The number of nitrogens with one attached hydrogen (secondary N) is 1. The average Bonchev–Trinajstić information content (AvgIpc) is 2.97. The topological polar surface area (TPSA) is 32.9 Å². The van der Waals surface area contributed by atoms with Crippen molar-refractivity contribution in [1.29, 1.82) is 0 Å². The number of aryl methyl sites for hydroxylation is 1. The molecule has 3 heteroatoms. The zero-order chi connectivity index (χ0) is 16.5. The van der Waals surface area contributed by atoms with E-state index in [1.807, 2.05) is 60.7 Å². The second-order valence-electron chi connectivity index (χ2n) is 5.96. The number of fused-ring (bicyclic) bond motifs is 3. The molecule has 1 heterocycles. The van der Waals surface area contributed by atoms with Crippen LogP contribution in [0.25, 0.3) is 17.0 Å². The van der Waals surface area contributed by atoms with Gasteiger partial charge in [0.25, 0.3) is 0 Å². The van der Waals surface area contributed by atoms with Crippen LogP contribution in [0.15, 0.2) is 70.7 Å². The van der Waals surface area contributed by atoms with Crippen LogP contribution in [0.1, 0.15) is 28.0 Å². The van der Waals surface area contributed by atoms with Crippen molar-refractivity contribution in [2.45, 2.75) is 12.8 Å². The van der Waals surface area contributed by atoms with Gasteiger partial charge in [-0.25, -0.2) is 0 Å². The summed E-state index contributed by atoms with van der Waals surface area (Å²) >= 11 is 3.51. The van der Waals surface area contributed by atoms with Gasteiger partial charge in [-0.2, -0.15) is 0 Å². The minimum absolute atomic E-state index is 0.112. The Morgan fingerprint density at radius 2 is 1.88 bits per heavy atom. The predicted octanol–water partition coefficient (Wildman–Crippen LogP) is 5.70. The van der Waals surface area contributed by atoms with Gasteiger partial charge >= 0.3 is 0 Å². The Balaban J connectivity index is 1.65. The molecule has 0 spiro atoms. The van der Waals surface area contributed by atoms with E-state index in [2.05, 4.69) is 27.0 Å². The summed E-state index contributed by atoms with van der Waals surface area (Å²) in [6, 6.07) is 16.2. The molecule has 1 N–H and O–H groups in total. The number of H-pyrrole nitrogens is 1. The Labute approximate surface area is 149 Å². The highest BCUT2D eigenvalue weighted by Crippen LogP contribution is 2.32. The normalized spacial score (nSPS) is 16.2. The highest BCUT2D eigenvalue weighted by atomic mass is 79.9. The van der Waals surface area contributed by atoms with Crippen molar-refractivity contribution in [1.82, 2.24) is 4.98 Å². The first-order valence-corrected chi connectivity index (χ1v) is 8.79. The average molecular weight is 378 g/mol. The molecule has 0 atom stereocenters. The quantitative estimate of drug-likeness (QED) is 0.570. The minimum Gasteiger partial charge on any atom is -0.352 e. The van der Waals surface area contributed by atoms with Crippen LogP contribution in [-0.4, -0.2) is 10.8 Å². The maximum Gasteiger partial charge on any atom is 0.205 e. The van der Waals surface area contributed by atoms with Gasteiger partial charge in [0.05, 0.1) is 5.69 Å². The van der Waals surface area contributed by atoms with E-state index in [1.165, 1.54) is 0 Å². The lowest BCUT2D eigenvalue weighted by molar-refractivity contribution is 0.102. The summed E-state index contributed by atoms with van der Waals surface area (Å²) in [6.45, 7) is 0. The summed E-state index contributed by atoms with van der Waals surface area (Å²) in [5, 5.41) is 1.15. The molecule has 1 aliphatic rings. The van der Waals surface area contributed by atoms with Gasteiger partial charge in [-0.15, -0.1) is 0 Å². The highest BCUT2D eigenvalue weighted by Gasteiger charge is 2.25. The van der Waals surface area contributed by atoms with Crippen LogP contribution in [0.2, 0.25) is 0 Å². The molecule has 3 aromatic rings. The summed E-state index contributed by atoms with van der Waals surface area (Å²) in [5.74, 6) is 0.112. The Morgan fingerprint density at radius 1 is 1.04 bits per heavy atom. The highest BCUT2D eigenvalue weighted by molar-refractivity contribution is 9.10. The van der Waals surface area contributed by atoms with Crippen molar-refractivity contribution in [3.63, 3.8) is 0 Å². The monoisotopic (exact) mass is 377 g/mol. The maximum absolute atomic E-state index is 12.8. The van der Waals surface area contributed by atoms with E-state index in [1.54, 1.807) is 0 Å². The van der Waals surface area contributed by atoms with Crippen molar-refractivity contribution >= 4 is 38.7 Å². The molecule has 0 fully saturated rings. The standard InChI is InChI=1S/C21H16BrNO/c22-16-10-12-19-18(13-16)17-11-9-15(21(24)20(17)23-19)8-4-7-14-5-2-1-3-6-14/h1-8,10,12-13,23H,9,11H2. The van der Waals surface area contributed by atoms with Crippen LogP contribution in [0.5, 0.6) is 0 Å². The van der Waals surface area contributed by atoms with Crippen LogP contribution in [0.4, 0.5) is 0 Å². The Morgan fingerprint density at radius 3 is 2.71 bits per heavy atom. The number of Topliss-reactive ketones (excluding diaryl/α,β-unsaturated/α-hetero) is 1. The van der Waals surface area contributed by atoms with E-state index in [-0.39, 0.29) is 5.78 Å². The van der Waals surface area contributed by atoms with Crippen molar-refractivity contribution in [2.24, 2.45) is 0 Å². The van der Waals surface area contributed by atoms with Gasteiger partial charge in [-0.05, 0) is 42.2 Å². The second kappa shape index (κ2) is 6.25. The maximum atomic E-state index is 12.8. The van der Waals surface area contributed by atoms with Gasteiger partial charge in [-0.1, -0.05) is 64.5 Å². The van der Waals surface area contributed by atoms with E-state index in [0.29, 0.717) is 0 Å². The summed E-state index contributed by atoms with van der Waals surface area (Å²) in [4.78, 5) is 16.1. The van der Waals surface area contributed by atoms with E-state index in [0.717, 1.165) is 50.6 Å². The molecule has 1 aliphatic carbocycles. The number of hydrogen-bond acceptors (Lipinski definition) is 1. The lowest BCUT2D eigenvalue weighted by atomic mass is 9.90. The number of aromatic amines is 1. The first-order valence-electron chi connectivity index (χ1n) is 7.99. The van der Waals surface area contributed by atoms with Crippen molar-refractivity contribution < 1.29 is 4.79 Å². The summed E-state index contributed by atoms with van der Waals surface area (Å²) < 4.78 is 1.04. The third kappa shape index (κ3) is 2.76. The van der Waals surface area contributed by atoms with Crippen LogP contribution >= 0.6 is 15.9 Å². The minimum atomic E-state index is 0.112. The number of benzene rings is 2. The molecule has 2 aromatic carbocycles. The summed E-state index contributed by atoms with van der Waals surface area (Å²) in [5.41, 5.74) is 4.90. The zero-order valence-electron chi connectivity index (χ0n) is 13.1. The lowest BCUT2D eigenvalue weighted by Crippen LogP contribution is -2.13. The van der Waals surface area contributed by atoms with E-state index < -0.39 is 0 Å². The van der Waals surface area contributed by atoms with Gasteiger partial charge in [0, 0.05) is 20.9 Å². The van der Waals surface area contributed by atoms with Crippen molar-refractivity contribution in [2.75, 3.05) is 0 Å². The molecule has 0 amide bonds. The number of rotatable bonds is 2. The van der Waals surface area contributed by atoms with Crippen molar-refractivity contribution in [3.05, 3.63) is 87.5 Å². The molecule has 1 aromatic heterocycles. The fraction of sp³-hybridized carbons (Fsp3) is 0.0952. The Bertz CT molecular complexity index is 980. The van der Waals surface area contributed by atoms with E-state index in [4.69, 9.17) is 0 Å². The first kappa shape index (κ1) is 15.2. The van der Waals surface area contributed by atoms with Gasteiger partial charge in [0.2, 0.25) is 5.78 Å². The van der Waals surface area contributed by atoms with Crippen molar-refractivity contribution in [3.8, 4) is 0 Å². The SMILES string of the molecule is O=C1C(=CC=Cc2ccccc2)CCc2c1[nH]c1ccc(Br)cc21. The molecule has 2 nitrogen and oxygen atoms in total. The molecule has 0 bridgehead atoms. The molecule has 0 saturated heterocycles. The summed E-state index contributed by atoms with van der Waals surface area (Å²) in [7, 11) is 0. The fourth-order valence-corrected chi connectivity index (χ4v) is 3.57. The van der Waals surface area contributed by atoms with Gasteiger partial charge in [-0.3, -0.25) is 4.79 Å². The van der Waals surface area contributed by atoms with Crippen LogP contribution in [0.3, 0.4) is 0 Å². The molecule has 24 heavy (non-hydrogen) atoms. The number of aromatic nitrogens is 1. The predicted molar refractivity (Wildman–Crippen MR) is 102 cm³/mol. The smallest absolute Gasteiger partial charge is 0.205 e. The Hall–Kier alpha value is -2.39. The molecule has 0 aliphatic heterocycles. The second-order valence-corrected chi connectivity index (χ2v) is 6.87. The number of carbonyl (C=O) groups is 1. The first-order chi connectivity index (χ1) is 11.7. The van der Waals surface area contributed by atoms with E-state index in [9.17, 15) is 4.79 Å². The van der Waals surface area contributed by atoms with Crippen LogP contribution < -0.4 is 0 Å². The van der Waals surface area contributed by atoms with Gasteiger partial charge in [0.1, 0.15) is 0 Å². The molecule has 0 saturated carbocycles. The summed E-state index contributed by atoms with van der Waals surface area (Å²) in [6.07, 6.45) is 7.61. The molecule has 0 radical (unpaired) electrons. The Kier molecular flexibility index (Phi) is 3.95. The molecule has 118 valence electrons. The number of hydrogen-bond donors (Lipinski definition) is 1. The lowest BCUT2D eigenvalue weighted by Gasteiger charge is -2.13. The van der Waals surface area contributed by atoms with Gasteiger partial charge < -0.3 is 4.98 Å². The molecular formula is C21H16BrNO. The zero-order valence-corrected chi connectivity index (χ0v) is 14.6. The van der Waals surface area contributed by atoms with Gasteiger partial charge in [0.15, 0.2) is 0 Å². The van der Waals surface area contributed by atoms with Crippen LogP contribution in [0, 0.1) is 0 Å². The number of ketones is 1. The number of allylic oxidation sites excluding steroid dienone is 3.